The highest BCUT2D eigenvalue weighted by atomic mass is 16.6. The zero-order valence-corrected chi connectivity index (χ0v) is 22.2. The Balaban J connectivity index is 1.49. The minimum Gasteiger partial charge on any atom is -0.444 e. The van der Waals surface area contributed by atoms with Crippen LogP contribution in [0.2, 0.25) is 0 Å². The van der Waals surface area contributed by atoms with E-state index in [0.717, 1.165) is 11.3 Å². The van der Waals surface area contributed by atoms with Crippen molar-refractivity contribution in [2.75, 3.05) is 36.4 Å². The maximum absolute atomic E-state index is 12.4. The lowest BCUT2D eigenvalue weighted by Gasteiger charge is -2.35. The van der Waals surface area contributed by atoms with Crippen LogP contribution in [0.1, 0.15) is 72.8 Å². The molecule has 0 radical (unpaired) electrons. The Morgan fingerprint density at radius 3 is 2.31 bits per heavy atom. The minimum atomic E-state index is -0.486. The topological polar surface area (TPSA) is 70.6 Å². The Morgan fingerprint density at radius 1 is 1.00 bits per heavy atom. The highest BCUT2D eigenvalue weighted by molar-refractivity contribution is 5.69. The van der Waals surface area contributed by atoms with E-state index in [2.05, 4.69) is 54.2 Å². The quantitative estimate of drug-likeness (QED) is 0.593. The second kappa shape index (κ2) is 10.0. The fraction of sp³-hybridized carbons (Fsp3) is 0.607. The van der Waals surface area contributed by atoms with Crippen LogP contribution in [0.5, 0.6) is 0 Å². The fourth-order valence-electron chi connectivity index (χ4n) is 4.82. The molecule has 0 unspecified atom stereocenters. The summed E-state index contributed by atoms with van der Waals surface area (Å²) >= 11 is 0. The van der Waals surface area contributed by atoms with Gasteiger partial charge in [0.1, 0.15) is 5.60 Å². The Labute approximate surface area is 210 Å². The van der Waals surface area contributed by atoms with Gasteiger partial charge in [0.15, 0.2) is 0 Å². The van der Waals surface area contributed by atoms with E-state index in [0.29, 0.717) is 38.2 Å². The molecule has 2 aromatic rings. The Kier molecular flexibility index (Phi) is 7.25. The lowest BCUT2D eigenvalue weighted by atomic mass is 9.84. The molecule has 190 valence electrons. The van der Waals surface area contributed by atoms with Crippen molar-refractivity contribution in [1.82, 2.24) is 14.9 Å². The lowest BCUT2D eigenvalue weighted by Crippen LogP contribution is -2.50. The van der Waals surface area contributed by atoms with Gasteiger partial charge in [-0.2, -0.15) is 0 Å². The van der Waals surface area contributed by atoms with Gasteiger partial charge in [-0.3, -0.25) is 0 Å². The van der Waals surface area contributed by atoms with E-state index in [1.165, 1.54) is 36.9 Å². The van der Waals surface area contributed by atoms with Gasteiger partial charge in [-0.1, -0.05) is 39.7 Å². The van der Waals surface area contributed by atoms with E-state index in [-0.39, 0.29) is 11.5 Å². The van der Waals surface area contributed by atoms with Crippen LogP contribution in [0, 0.1) is 0 Å². The van der Waals surface area contributed by atoms with Crippen LogP contribution in [0.15, 0.2) is 30.5 Å². The molecule has 1 aliphatic carbocycles. The molecule has 1 saturated heterocycles. The van der Waals surface area contributed by atoms with Crippen LogP contribution < -0.4 is 10.2 Å². The molecular formula is C28H41N5O2. The maximum Gasteiger partial charge on any atom is 0.410 e. The van der Waals surface area contributed by atoms with E-state index in [1.54, 1.807) is 4.90 Å². The number of nitrogens with zero attached hydrogens (tertiary/aromatic N) is 4. The van der Waals surface area contributed by atoms with Gasteiger partial charge in [0.25, 0.3) is 0 Å². The number of carbonyl (C=O) groups excluding carboxylic acids is 1. The van der Waals surface area contributed by atoms with Gasteiger partial charge >= 0.3 is 6.09 Å². The second-order valence-corrected chi connectivity index (χ2v) is 11.8. The number of anilines is 2. The highest BCUT2D eigenvalue weighted by Crippen LogP contribution is 2.35. The van der Waals surface area contributed by atoms with Gasteiger partial charge in [-0.15, -0.1) is 0 Å². The molecule has 4 rings (SSSR count). The molecular weight excluding hydrogens is 438 g/mol. The zero-order valence-electron chi connectivity index (χ0n) is 22.2. The first-order chi connectivity index (χ1) is 16.5. The number of aromatic nitrogens is 2. The van der Waals surface area contributed by atoms with Crippen molar-refractivity contribution in [3.8, 4) is 11.3 Å². The number of hydrogen-bond donors (Lipinski definition) is 1. The number of amides is 1. The number of hydrogen-bond acceptors (Lipinski definition) is 6. The van der Waals surface area contributed by atoms with E-state index in [9.17, 15) is 4.79 Å². The average Bonchev–Trinajstić information content (AvgIpc) is 3.31. The van der Waals surface area contributed by atoms with Crippen molar-refractivity contribution < 1.29 is 9.53 Å². The number of nitrogens with one attached hydrogen (secondary N) is 1. The molecule has 0 atom stereocenters. The van der Waals surface area contributed by atoms with Crippen molar-refractivity contribution in [1.29, 1.82) is 0 Å². The fourth-order valence-corrected chi connectivity index (χ4v) is 4.82. The minimum absolute atomic E-state index is 0.0187. The van der Waals surface area contributed by atoms with Crippen molar-refractivity contribution in [3.63, 3.8) is 0 Å². The van der Waals surface area contributed by atoms with Crippen LogP contribution in [-0.4, -0.2) is 58.8 Å². The molecule has 7 nitrogen and oxygen atoms in total. The molecule has 1 aliphatic heterocycles. The Bertz CT molecular complexity index is 1030. The first-order valence-corrected chi connectivity index (χ1v) is 13.0. The zero-order chi connectivity index (χ0) is 25.2. The lowest BCUT2D eigenvalue weighted by molar-refractivity contribution is 0.0240. The SMILES string of the molecule is CC(C)(C)OC(=O)N1CCN(c2nccc(-c3ccc(NC4CCCC4)c(C(C)(C)C)c3)n2)CC1. The predicted molar refractivity (Wildman–Crippen MR) is 142 cm³/mol. The van der Waals surface area contributed by atoms with E-state index in [1.807, 2.05) is 33.0 Å². The monoisotopic (exact) mass is 479 g/mol. The summed E-state index contributed by atoms with van der Waals surface area (Å²) in [5, 5.41) is 3.80. The summed E-state index contributed by atoms with van der Waals surface area (Å²) in [6, 6.07) is 9.22. The number of benzene rings is 1. The number of ether oxygens (including phenoxy) is 1. The van der Waals surface area contributed by atoms with Crippen LogP contribution in [0.4, 0.5) is 16.4 Å². The average molecular weight is 480 g/mol. The van der Waals surface area contributed by atoms with Crippen molar-refractivity contribution >= 4 is 17.7 Å². The van der Waals surface area contributed by atoms with Crippen molar-refractivity contribution in [3.05, 3.63) is 36.0 Å². The molecule has 0 bridgehead atoms. The van der Waals surface area contributed by atoms with Gasteiger partial charge in [0, 0.05) is 49.7 Å². The summed E-state index contributed by atoms with van der Waals surface area (Å²) in [5.74, 6) is 0.705. The number of carbonyl (C=O) groups is 1. The van der Waals surface area contributed by atoms with Gasteiger partial charge in [0.05, 0.1) is 5.69 Å². The van der Waals surface area contributed by atoms with Crippen LogP contribution in [-0.2, 0) is 10.2 Å². The van der Waals surface area contributed by atoms with Crippen LogP contribution >= 0.6 is 0 Å². The third kappa shape index (κ3) is 6.44. The first-order valence-electron chi connectivity index (χ1n) is 13.0. The van der Waals surface area contributed by atoms with Gasteiger partial charge in [-0.05, 0) is 62.8 Å². The standard InChI is InChI=1S/C28H41N5O2/c1-27(2,3)22-19-20(11-12-24(22)30-21-9-7-8-10-21)23-13-14-29-25(31-23)32-15-17-33(18-16-32)26(34)35-28(4,5)6/h11-14,19,21,30H,7-10,15-18H2,1-6H3. The summed E-state index contributed by atoms with van der Waals surface area (Å²) in [4.78, 5) is 25.8. The van der Waals surface area contributed by atoms with Crippen LogP contribution in [0.25, 0.3) is 11.3 Å². The van der Waals surface area contributed by atoms with Gasteiger partial charge in [0.2, 0.25) is 5.95 Å². The summed E-state index contributed by atoms with van der Waals surface area (Å²) in [7, 11) is 0. The molecule has 1 amide bonds. The highest BCUT2D eigenvalue weighted by Gasteiger charge is 2.27. The third-order valence-corrected chi connectivity index (χ3v) is 6.70. The third-order valence-electron chi connectivity index (χ3n) is 6.70. The molecule has 0 spiro atoms. The number of rotatable bonds is 4. The molecule has 2 fully saturated rings. The van der Waals surface area contributed by atoms with E-state index < -0.39 is 5.60 Å². The molecule has 7 heteroatoms. The van der Waals surface area contributed by atoms with E-state index >= 15 is 0 Å². The van der Waals surface area contributed by atoms with Crippen molar-refractivity contribution in [2.24, 2.45) is 0 Å². The van der Waals surface area contributed by atoms with Gasteiger partial charge in [-0.25, -0.2) is 14.8 Å². The molecule has 1 aromatic carbocycles. The summed E-state index contributed by atoms with van der Waals surface area (Å²) < 4.78 is 5.52. The molecule has 2 aliphatic rings. The molecule has 1 saturated carbocycles. The smallest absolute Gasteiger partial charge is 0.410 e. The normalized spacial score (nSPS) is 17.5. The number of piperazine rings is 1. The summed E-state index contributed by atoms with van der Waals surface area (Å²) in [6.07, 6.45) is 6.71. The molecule has 35 heavy (non-hydrogen) atoms. The second-order valence-electron chi connectivity index (χ2n) is 11.8. The van der Waals surface area contributed by atoms with Crippen LogP contribution in [0.3, 0.4) is 0 Å². The van der Waals surface area contributed by atoms with E-state index in [4.69, 9.17) is 9.72 Å². The summed E-state index contributed by atoms with van der Waals surface area (Å²) in [5.41, 5.74) is 4.10. The molecule has 1 N–H and O–H groups in total. The first kappa shape index (κ1) is 25.3. The molecule has 1 aromatic heterocycles. The maximum atomic E-state index is 12.4. The molecule has 2 heterocycles. The summed E-state index contributed by atoms with van der Waals surface area (Å²) in [6.45, 7) is 15.0. The van der Waals surface area contributed by atoms with Crippen molar-refractivity contribution in [2.45, 2.75) is 84.3 Å². The Hall–Kier alpha value is -2.83. The predicted octanol–water partition coefficient (Wildman–Crippen LogP) is 5.85. The van der Waals surface area contributed by atoms with Gasteiger partial charge < -0.3 is 19.9 Å². The Morgan fingerprint density at radius 2 is 1.69 bits per heavy atom. The largest absolute Gasteiger partial charge is 0.444 e.